The summed E-state index contributed by atoms with van der Waals surface area (Å²) in [5, 5.41) is 3.40. The lowest BCUT2D eigenvalue weighted by Gasteiger charge is -2.24. The molecule has 0 aliphatic rings. The molecule has 0 amide bonds. The van der Waals surface area contributed by atoms with Crippen LogP contribution < -0.4 is 10.1 Å². The van der Waals surface area contributed by atoms with Crippen LogP contribution in [0.3, 0.4) is 0 Å². The zero-order chi connectivity index (χ0) is 15.9. The van der Waals surface area contributed by atoms with Crippen LogP contribution in [0, 0.1) is 0 Å². The lowest BCUT2D eigenvalue weighted by Crippen LogP contribution is -2.29. The van der Waals surface area contributed by atoms with Gasteiger partial charge in [-0.25, -0.2) is 0 Å². The standard InChI is InChI=1S/C18H32N2O/c1-7-15-8-9-17(16(14-15)18(2,3)4)21-13-11-19-10-12-20(5)6/h8-9,14,19H,7,10-13H2,1-6H3. The molecule has 1 aromatic carbocycles. The van der Waals surface area contributed by atoms with E-state index in [2.05, 4.69) is 70.2 Å². The quantitative estimate of drug-likeness (QED) is 0.745. The minimum Gasteiger partial charge on any atom is -0.492 e. The summed E-state index contributed by atoms with van der Waals surface area (Å²) in [6.45, 7) is 12.6. The second-order valence-corrected chi connectivity index (χ2v) is 6.84. The number of hydrogen-bond donors (Lipinski definition) is 1. The molecule has 0 saturated carbocycles. The van der Waals surface area contributed by atoms with Crippen molar-refractivity contribution >= 4 is 0 Å². The van der Waals surface area contributed by atoms with Crippen LogP contribution in [0.1, 0.15) is 38.8 Å². The van der Waals surface area contributed by atoms with Crippen molar-refractivity contribution in [3.63, 3.8) is 0 Å². The Balaban J connectivity index is 2.54. The highest BCUT2D eigenvalue weighted by Crippen LogP contribution is 2.32. The van der Waals surface area contributed by atoms with Gasteiger partial charge in [-0.05, 0) is 43.1 Å². The number of nitrogens with one attached hydrogen (secondary N) is 1. The number of hydrogen-bond acceptors (Lipinski definition) is 3. The summed E-state index contributed by atoms with van der Waals surface area (Å²) in [5.41, 5.74) is 2.78. The predicted molar refractivity (Wildman–Crippen MR) is 91.4 cm³/mol. The highest BCUT2D eigenvalue weighted by atomic mass is 16.5. The maximum absolute atomic E-state index is 5.99. The molecule has 0 aliphatic heterocycles. The van der Waals surface area contributed by atoms with Crippen LogP contribution in [-0.4, -0.2) is 45.2 Å². The van der Waals surface area contributed by atoms with Gasteiger partial charge in [0.25, 0.3) is 0 Å². The molecule has 120 valence electrons. The Labute approximate surface area is 130 Å². The normalized spacial score (nSPS) is 12.0. The van der Waals surface area contributed by atoms with Gasteiger partial charge in [0.15, 0.2) is 0 Å². The Morgan fingerprint density at radius 1 is 1.14 bits per heavy atom. The van der Waals surface area contributed by atoms with Gasteiger partial charge < -0.3 is 15.0 Å². The van der Waals surface area contributed by atoms with E-state index in [1.54, 1.807) is 0 Å². The molecule has 0 aromatic heterocycles. The number of ether oxygens (including phenoxy) is 1. The fraction of sp³-hybridized carbons (Fsp3) is 0.667. The van der Waals surface area contributed by atoms with Gasteiger partial charge in [0.05, 0.1) is 0 Å². The number of likely N-dealkylation sites (N-methyl/N-ethyl adjacent to an activating group) is 1. The third-order valence-corrected chi connectivity index (χ3v) is 3.53. The second-order valence-electron chi connectivity index (χ2n) is 6.84. The topological polar surface area (TPSA) is 24.5 Å². The molecule has 1 aromatic rings. The van der Waals surface area contributed by atoms with E-state index >= 15 is 0 Å². The molecule has 0 radical (unpaired) electrons. The van der Waals surface area contributed by atoms with Crippen molar-refractivity contribution in [2.45, 2.75) is 39.5 Å². The van der Waals surface area contributed by atoms with Gasteiger partial charge in [-0.3, -0.25) is 0 Å². The molecule has 1 N–H and O–H groups in total. The molecule has 21 heavy (non-hydrogen) atoms. The van der Waals surface area contributed by atoms with Crippen LogP contribution in [0.25, 0.3) is 0 Å². The fourth-order valence-electron chi connectivity index (χ4n) is 2.17. The highest BCUT2D eigenvalue weighted by Gasteiger charge is 2.19. The summed E-state index contributed by atoms with van der Waals surface area (Å²) < 4.78 is 5.99. The Kier molecular flexibility index (Phi) is 7.20. The molecule has 1 rings (SSSR count). The van der Waals surface area contributed by atoms with Crippen LogP contribution in [0.5, 0.6) is 5.75 Å². The molecule has 3 nitrogen and oxygen atoms in total. The van der Waals surface area contributed by atoms with Crippen LogP contribution in [0.15, 0.2) is 18.2 Å². The molecule has 0 aliphatic carbocycles. The minimum absolute atomic E-state index is 0.110. The monoisotopic (exact) mass is 292 g/mol. The largest absolute Gasteiger partial charge is 0.492 e. The van der Waals surface area contributed by atoms with E-state index in [-0.39, 0.29) is 5.41 Å². The maximum atomic E-state index is 5.99. The van der Waals surface area contributed by atoms with Crippen LogP contribution in [0.2, 0.25) is 0 Å². The van der Waals surface area contributed by atoms with Crippen molar-refractivity contribution in [1.29, 1.82) is 0 Å². The fourth-order valence-corrected chi connectivity index (χ4v) is 2.17. The minimum atomic E-state index is 0.110. The molecule has 0 unspecified atom stereocenters. The van der Waals surface area contributed by atoms with Crippen molar-refractivity contribution in [2.75, 3.05) is 40.3 Å². The van der Waals surface area contributed by atoms with Gasteiger partial charge in [-0.15, -0.1) is 0 Å². The van der Waals surface area contributed by atoms with E-state index in [1.807, 2.05) is 0 Å². The van der Waals surface area contributed by atoms with Gasteiger partial charge in [0.1, 0.15) is 12.4 Å². The average Bonchev–Trinajstić information content (AvgIpc) is 2.41. The number of benzene rings is 1. The van der Waals surface area contributed by atoms with Crippen molar-refractivity contribution in [1.82, 2.24) is 10.2 Å². The molecule has 0 saturated heterocycles. The Bertz CT molecular complexity index is 422. The molecule has 3 heteroatoms. The van der Waals surface area contributed by atoms with E-state index in [1.165, 1.54) is 11.1 Å². The van der Waals surface area contributed by atoms with E-state index in [4.69, 9.17) is 4.74 Å². The first-order chi connectivity index (χ1) is 9.84. The third kappa shape index (κ3) is 6.49. The van der Waals surface area contributed by atoms with Crippen molar-refractivity contribution in [3.8, 4) is 5.75 Å². The first kappa shape index (κ1) is 18.0. The van der Waals surface area contributed by atoms with Gasteiger partial charge in [-0.2, -0.15) is 0 Å². The smallest absolute Gasteiger partial charge is 0.123 e. The molecule has 0 spiro atoms. The van der Waals surface area contributed by atoms with Crippen LogP contribution >= 0.6 is 0 Å². The lowest BCUT2D eigenvalue weighted by molar-refractivity contribution is 0.301. The Morgan fingerprint density at radius 3 is 2.43 bits per heavy atom. The second kappa shape index (κ2) is 8.40. The van der Waals surface area contributed by atoms with E-state index in [0.29, 0.717) is 6.61 Å². The third-order valence-electron chi connectivity index (χ3n) is 3.53. The first-order valence-electron chi connectivity index (χ1n) is 7.96. The van der Waals surface area contributed by atoms with E-state index in [9.17, 15) is 0 Å². The summed E-state index contributed by atoms with van der Waals surface area (Å²) in [5.74, 6) is 1.02. The van der Waals surface area contributed by atoms with Crippen LogP contribution in [-0.2, 0) is 11.8 Å². The number of aryl methyl sites for hydroxylation is 1. The molecule has 0 heterocycles. The van der Waals surface area contributed by atoms with Crippen molar-refractivity contribution < 1.29 is 4.74 Å². The van der Waals surface area contributed by atoms with Gasteiger partial charge in [0.2, 0.25) is 0 Å². The summed E-state index contributed by atoms with van der Waals surface area (Å²) in [6, 6.07) is 6.58. The van der Waals surface area contributed by atoms with Gasteiger partial charge in [-0.1, -0.05) is 39.8 Å². The van der Waals surface area contributed by atoms with Crippen molar-refractivity contribution in [3.05, 3.63) is 29.3 Å². The molecule has 0 fully saturated rings. The Morgan fingerprint density at radius 2 is 1.86 bits per heavy atom. The first-order valence-corrected chi connectivity index (χ1v) is 7.96. The number of rotatable bonds is 8. The van der Waals surface area contributed by atoms with Crippen molar-refractivity contribution in [2.24, 2.45) is 0 Å². The van der Waals surface area contributed by atoms with E-state index in [0.717, 1.165) is 31.8 Å². The lowest BCUT2D eigenvalue weighted by atomic mass is 9.85. The molecule has 0 atom stereocenters. The maximum Gasteiger partial charge on any atom is 0.123 e. The highest BCUT2D eigenvalue weighted by molar-refractivity contribution is 5.41. The summed E-state index contributed by atoms with van der Waals surface area (Å²) in [6.07, 6.45) is 1.06. The van der Waals surface area contributed by atoms with Gasteiger partial charge in [0, 0.05) is 19.6 Å². The van der Waals surface area contributed by atoms with Gasteiger partial charge >= 0.3 is 0 Å². The summed E-state index contributed by atoms with van der Waals surface area (Å²) >= 11 is 0. The molecular weight excluding hydrogens is 260 g/mol. The summed E-state index contributed by atoms with van der Waals surface area (Å²) in [7, 11) is 4.17. The predicted octanol–water partition coefficient (Wildman–Crippen LogP) is 3.08. The Hall–Kier alpha value is -1.06. The molecular formula is C18H32N2O. The SMILES string of the molecule is CCc1ccc(OCCNCCN(C)C)c(C(C)(C)C)c1. The zero-order valence-corrected chi connectivity index (χ0v) is 14.6. The van der Waals surface area contributed by atoms with E-state index < -0.39 is 0 Å². The number of nitrogens with zero attached hydrogens (tertiary/aromatic N) is 1. The summed E-state index contributed by atoms with van der Waals surface area (Å²) in [4.78, 5) is 2.18. The van der Waals surface area contributed by atoms with Crippen LogP contribution in [0.4, 0.5) is 0 Å². The average molecular weight is 292 g/mol. The zero-order valence-electron chi connectivity index (χ0n) is 14.6. The molecule has 0 bridgehead atoms.